The Hall–Kier alpha value is -2.41. The number of carbonyl (C=O) groups excluding carboxylic acids is 1. The number of benzene rings is 2. The molecule has 6 nitrogen and oxygen atoms in total. The summed E-state index contributed by atoms with van der Waals surface area (Å²) in [6.07, 6.45) is 3.53. The second-order valence-corrected chi connectivity index (χ2v) is 9.72. The zero-order valence-corrected chi connectivity index (χ0v) is 19.3. The molecule has 0 radical (unpaired) electrons. The number of β-amino-alcohol motifs (C(OH)–C–C–N with tert-alkyl or cyclic N) is 1. The number of nitrogens with zero attached hydrogens (tertiary/aromatic N) is 2. The van der Waals surface area contributed by atoms with Gasteiger partial charge in [-0.05, 0) is 66.5 Å². The van der Waals surface area contributed by atoms with Crippen LogP contribution in [0.3, 0.4) is 0 Å². The molecule has 0 aliphatic carbocycles. The molecule has 3 heterocycles. The molecule has 5 rings (SSSR count). The van der Waals surface area contributed by atoms with Crippen LogP contribution in [-0.2, 0) is 24.1 Å². The number of hydrogen-bond acceptors (Lipinski definition) is 5. The lowest BCUT2D eigenvalue weighted by molar-refractivity contribution is 0.0493. The van der Waals surface area contributed by atoms with Crippen molar-refractivity contribution >= 4 is 11.6 Å². The molecule has 0 saturated carbocycles. The van der Waals surface area contributed by atoms with Crippen molar-refractivity contribution in [2.45, 2.75) is 38.3 Å². The first kappa shape index (κ1) is 22.4. The lowest BCUT2D eigenvalue weighted by atomic mass is 9.97. The van der Waals surface area contributed by atoms with Gasteiger partial charge in [-0.25, -0.2) is 0 Å². The predicted molar refractivity (Wildman–Crippen MR) is 130 cm³/mol. The molecule has 1 atom stereocenters. The molecule has 6 heteroatoms. The Morgan fingerprint density at radius 2 is 1.79 bits per heavy atom. The maximum Gasteiger partial charge on any atom is 0.254 e. The zero-order valence-electron chi connectivity index (χ0n) is 19.3. The third kappa shape index (κ3) is 5.40. The Labute approximate surface area is 196 Å². The highest BCUT2D eigenvalue weighted by molar-refractivity contribution is 5.97. The minimum atomic E-state index is -0.541. The number of aliphatic hydroxyl groups is 1. The smallest absolute Gasteiger partial charge is 0.254 e. The van der Waals surface area contributed by atoms with Crippen LogP contribution in [0.5, 0.6) is 0 Å². The van der Waals surface area contributed by atoms with E-state index in [0.29, 0.717) is 25.6 Å². The summed E-state index contributed by atoms with van der Waals surface area (Å²) in [5.41, 5.74) is 5.73. The molecule has 0 aromatic heterocycles. The Bertz CT molecular complexity index is 973. The number of aliphatic hydroxyl groups excluding tert-OH is 1. The summed E-state index contributed by atoms with van der Waals surface area (Å²) in [6, 6.07) is 14.6. The van der Waals surface area contributed by atoms with Gasteiger partial charge in [0.25, 0.3) is 5.91 Å². The first-order valence-electron chi connectivity index (χ1n) is 12.4. The maximum absolute atomic E-state index is 13.1. The molecule has 1 fully saturated rings. The molecule has 176 valence electrons. The minimum absolute atomic E-state index is 0.0373. The van der Waals surface area contributed by atoms with Gasteiger partial charge in [0.2, 0.25) is 0 Å². The lowest BCUT2D eigenvalue weighted by Gasteiger charge is -2.34. The molecule has 2 N–H and O–H groups in total. The predicted octanol–water partition coefficient (Wildman–Crippen LogP) is 2.94. The Kier molecular flexibility index (Phi) is 6.95. The highest BCUT2D eigenvalue weighted by Crippen LogP contribution is 2.24. The second kappa shape index (κ2) is 10.2. The van der Waals surface area contributed by atoms with Gasteiger partial charge in [-0.2, -0.15) is 0 Å². The van der Waals surface area contributed by atoms with E-state index >= 15 is 0 Å². The molecule has 2 aromatic carbocycles. The summed E-state index contributed by atoms with van der Waals surface area (Å²) in [6.45, 7) is 6.14. The molecule has 2 aromatic rings. The van der Waals surface area contributed by atoms with Gasteiger partial charge < -0.3 is 20.1 Å². The molecule has 0 bridgehead atoms. The van der Waals surface area contributed by atoms with Crippen LogP contribution in [0.15, 0.2) is 42.5 Å². The molecule has 3 aliphatic heterocycles. The fourth-order valence-electron chi connectivity index (χ4n) is 5.35. The molecule has 3 aliphatic rings. The van der Waals surface area contributed by atoms with Crippen LogP contribution in [-0.4, -0.2) is 72.9 Å². The molecule has 0 spiro atoms. The van der Waals surface area contributed by atoms with Gasteiger partial charge in [0, 0.05) is 63.7 Å². The highest BCUT2D eigenvalue weighted by atomic mass is 16.5. The lowest BCUT2D eigenvalue weighted by Crippen LogP contribution is -2.46. The number of fused-ring (bicyclic) bond motifs is 2. The van der Waals surface area contributed by atoms with E-state index in [0.717, 1.165) is 75.3 Å². The Morgan fingerprint density at radius 1 is 1.00 bits per heavy atom. The number of hydrogen-bond donors (Lipinski definition) is 2. The molecule has 1 amide bonds. The molecular formula is C27H35N3O3. The highest BCUT2D eigenvalue weighted by Gasteiger charge is 2.27. The number of rotatable bonds is 7. The maximum atomic E-state index is 13.1. The SMILES string of the molecule is O=C1c2ccc(NCC3CCOCC3)cc2CCN1CC(O)CN1CCc2ccccc2C1. The summed E-state index contributed by atoms with van der Waals surface area (Å²) in [4.78, 5) is 17.2. The first-order valence-corrected chi connectivity index (χ1v) is 12.4. The van der Waals surface area contributed by atoms with Crippen molar-refractivity contribution in [2.75, 3.05) is 51.3 Å². The van der Waals surface area contributed by atoms with E-state index in [4.69, 9.17) is 4.74 Å². The van der Waals surface area contributed by atoms with E-state index in [1.807, 2.05) is 17.0 Å². The van der Waals surface area contributed by atoms with Crippen molar-refractivity contribution in [1.82, 2.24) is 9.80 Å². The number of anilines is 1. The van der Waals surface area contributed by atoms with Crippen LogP contribution in [0.4, 0.5) is 5.69 Å². The quantitative estimate of drug-likeness (QED) is 0.681. The van der Waals surface area contributed by atoms with E-state index in [1.54, 1.807) is 0 Å². The van der Waals surface area contributed by atoms with Crippen molar-refractivity contribution in [2.24, 2.45) is 5.92 Å². The van der Waals surface area contributed by atoms with Crippen molar-refractivity contribution in [1.29, 1.82) is 0 Å². The number of ether oxygens (including phenoxy) is 1. The van der Waals surface area contributed by atoms with Crippen LogP contribution < -0.4 is 5.32 Å². The van der Waals surface area contributed by atoms with Gasteiger partial charge in [-0.1, -0.05) is 24.3 Å². The van der Waals surface area contributed by atoms with Crippen molar-refractivity contribution < 1.29 is 14.6 Å². The van der Waals surface area contributed by atoms with Crippen molar-refractivity contribution in [3.05, 3.63) is 64.7 Å². The van der Waals surface area contributed by atoms with Gasteiger partial charge >= 0.3 is 0 Å². The summed E-state index contributed by atoms with van der Waals surface area (Å²) in [7, 11) is 0. The van der Waals surface area contributed by atoms with Crippen LogP contribution in [0.25, 0.3) is 0 Å². The monoisotopic (exact) mass is 449 g/mol. The zero-order chi connectivity index (χ0) is 22.6. The van der Waals surface area contributed by atoms with Crippen LogP contribution >= 0.6 is 0 Å². The summed E-state index contributed by atoms with van der Waals surface area (Å²) in [5, 5.41) is 14.3. The average molecular weight is 450 g/mol. The summed E-state index contributed by atoms with van der Waals surface area (Å²) < 4.78 is 5.44. The van der Waals surface area contributed by atoms with E-state index in [9.17, 15) is 9.90 Å². The number of nitrogens with one attached hydrogen (secondary N) is 1. The standard InChI is InChI=1S/C27H35N3O3/c31-25(18-29-11-7-21-3-1-2-4-23(21)17-29)19-30-12-8-22-15-24(5-6-26(22)27(30)32)28-16-20-9-13-33-14-10-20/h1-6,15,20,25,28,31H,7-14,16-19H2. The van der Waals surface area contributed by atoms with Gasteiger partial charge in [0.05, 0.1) is 6.10 Å². The molecule has 1 unspecified atom stereocenters. The van der Waals surface area contributed by atoms with Crippen molar-refractivity contribution in [3.63, 3.8) is 0 Å². The molecule has 1 saturated heterocycles. The number of amides is 1. The average Bonchev–Trinajstić information content (AvgIpc) is 2.85. The van der Waals surface area contributed by atoms with Crippen LogP contribution in [0.1, 0.15) is 39.9 Å². The molecular weight excluding hydrogens is 414 g/mol. The summed E-state index contributed by atoms with van der Waals surface area (Å²) in [5.74, 6) is 0.692. The Balaban J connectivity index is 1.14. The molecule has 33 heavy (non-hydrogen) atoms. The fraction of sp³-hybridized carbons (Fsp3) is 0.519. The third-order valence-corrected chi connectivity index (χ3v) is 7.32. The van der Waals surface area contributed by atoms with E-state index in [1.165, 1.54) is 11.1 Å². The van der Waals surface area contributed by atoms with E-state index in [2.05, 4.69) is 40.5 Å². The van der Waals surface area contributed by atoms with E-state index < -0.39 is 6.10 Å². The summed E-state index contributed by atoms with van der Waals surface area (Å²) >= 11 is 0. The van der Waals surface area contributed by atoms with E-state index in [-0.39, 0.29) is 5.91 Å². The first-order chi connectivity index (χ1) is 16.2. The largest absolute Gasteiger partial charge is 0.390 e. The van der Waals surface area contributed by atoms with Crippen LogP contribution in [0.2, 0.25) is 0 Å². The van der Waals surface area contributed by atoms with Gasteiger partial charge in [-0.3, -0.25) is 9.69 Å². The van der Waals surface area contributed by atoms with Crippen LogP contribution in [0, 0.1) is 5.92 Å². The second-order valence-electron chi connectivity index (χ2n) is 9.72. The topological polar surface area (TPSA) is 65.0 Å². The normalized spacial score (nSPS) is 20.3. The number of carbonyl (C=O) groups is 1. The van der Waals surface area contributed by atoms with Gasteiger partial charge in [0.15, 0.2) is 0 Å². The van der Waals surface area contributed by atoms with Crippen molar-refractivity contribution in [3.8, 4) is 0 Å². The minimum Gasteiger partial charge on any atom is -0.390 e. The third-order valence-electron chi connectivity index (χ3n) is 7.32. The van der Waals surface area contributed by atoms with Gasteiger partial charge in [0.1, 0.15) is 0 Å². The Morgan fingerprint density at radius 3 is 2.64 bits per heavy atom. The van der Waals surface area contributed by atoms with Gasteiger partial charge in [-0.15, -0.1) is 0 Å². The fourth-order valence-corrected chi connectivity index (χ4v) is 5.35.